The summed E-state index contributed by atoms with van der Waals surface area (Å²) in [5.41, 5.74) is 9.75. The van der Waals surface area contributed by atoms with Crippen molar-refractivity contribution in [3.63, 3.8) is 0 Å². The summed E-state index contributed by atoms with van der Waals surface area (Å²) in [7, 11) is 5.05. The van der Waals surface area contributed by atoms with Crippen molar-refractivity contribution in [3.8, 4) is 17.2 Å². The van der Waals surface area contributed by atoms with Crippen LogP contribution in [-0.2, 0) is 60.3 Å². The van der Waals surface area contributed by atoms with Gasteiger partial charge in [0, 0.05) is 128 Å². The van der Waals surface area contributed by atoms with Crippen LogP contribution in [0.3, 0.4) is 0 Å². The van der Waals surface area contributed by atoms with Crippen molar-refractivity contribution in [2.75, 3.05) is 80.4 Å². The number of carboxylic acids is 1. The first-order valence-corrected chi connectivity index (χ1v) is 36.6. The summed E-state index contributed by atoms with van der Waals surface area (Å²) < 4.78 is 34.6. The Morgan fingerprint density at radius 3 is 0.972 bits per heavy atom. The normalized spacial score (nSPS) is 15.6. The second-order valence-corrected chi connectivity index (χ2v) is 27.4. The maximum Gasteiger partial charge on any atom is 0.341 e. The Labute approximate surface area is 629 Å². The third-order valence-corrected chi connectivity index (χ3v) is 20.5. The number of aliphatic hydroxyl groups excluding tert-OH is 2. The second-order valence-electron chi connectivity index (χ2n) is 27.4. The zero-order valence-corrected chi connectivity index (χ0v) is 61.3. The number of methoxy groups -OCH3 is 3. The van der Waals surface area contributed by atoms with Gasteiger partial charge in [0.25, 0.3) is 0 Å². The summed E-state index contributed by atoms with van der Waals surface area (Å²) in [5.74, 6) is -1.21. The number of ether oxygens (including phenoxy) is 5. The molecule has 0 saturated carbocycles. The molecule has 8 aromatic carbocycles. The Morgan fingerprint density at radius 2 is 0.667 bits per heavy atom. The van der Waals surface area contributed by atoms with Gasteiger partial charge in [0.05, 0.1) is 68.2 Å². The average Bonchev–Trinajstić information content (AvgIpc) is 0.766. The van der Waals surface area contributed by atoms with E-state index in [1.165, 1.54) is 17.3 Å². The minimum Gasteiger partial charge on any atom is -0.503 e. The van der Waals surface area contributed by atoms with Crippen molar-refractivity contribution in [2.45, 2.75) is 81.9 Å². The van der Waals surface area contributed by atoms with Gasteiger partial charge < -0.3 is 57.8 Å². The molecule has 0 amide bonds. The molecule has 0 bridgehead atoms. The number of aromatic hydroxyl groups is 1. The molecule has 0 radical (unpaired) electrons. The fourth-order valence-corrected chi connectivity index (χ4v) is 15.3. The number of hydrogen-bond acceptors (Lipinski definition) is 15. The molecule has 108 heavy (non-hydrogen) atoms. The topological polar surface area (TPSA) is 220 Å². The van der Waals surface area contributed by atoms with Gasteiger partial charge in [-0.25, -0.2) is 4.79 Å². The van der Waals surface area contributed by atoms with Gasteiger partial charge in [0.15, 0.2) is 17.2 Å². The van der Waals surface area contributed by atoms with E-state index >= 15 is 0 Å². The monoisotopic (exact) mass is 1450 g/mol. The molecule has 0 aliphatic carbocycles. The standard InChI is InChI=1S/C32H32N2O5.C32H34N2O4.C25H28N2O4/c1-38-18-17-33-20-27(29(24-13-7-3-8-14-24)25-15-9-4-10-16-25)34-19-26(32(36)37)30(35)31(28(34)21-33)39-22-23-11-5-2-6-12-23;1-37-18-17-33-20-28(30(25-13-7-3-8-14-25)26-15-9-4-10-16-26)34-19-27(22-35)31(36)32(29(34)21-33)38-23-24-11-5-2-6-12-24;1-31-13-12-26-15-21(27-14-20(17-28)24(29)25(30)22(27)16-26)23(18-8-4-2-5-9-18)19-10-6-3-7-11-19/h2-16,19,27,29H,17-18,20-22H2,1H3,(H,36,37);2-16,19,28,30,35H,17-18,20-23H2,1H3;2-11,14,21,23,28,30H,12-13,15-17H2,1H3/t27-;28-;21-/m111/s1. The van der Waals surface area contributed by atoms with Crippen molar-refractivity contribution in [1.29, 1.82) is 0 Å². The van der Waals surface area contributed by atoms with Crippen LogP contribution in [0.5, 0.6) is 17.2 Å². The lowest BCUT2D eigenvalue weighted by Crippen LogP contribution is -2.43. The Hall–Kier alpha value is -10.8. The minimum atomic E-state index is -1.27. The van der Waals surface area contributed by atoms with Crippen LogP contribution in [0.1, 0.15) is 119 Å². The molecule has 11 aromatic rings. The van der Waals surface area contributed by atoms with Crippen LogP contribution in [-0.4, -0.2) is 135 Å². The quantitative estimate of drug-likeness (QED) is 0.0376. The first kappa shape index (κ1) is 76.8. The van der Waals surface area contributed by atoms with E-state index in [1.54, 1.807) is 27.5 Å². The number of carboxylic acid groups (broad SMARTS) is 1. The van der Waals surface area contributed by atoms with E-state index in [-0.39, 0.29) is 83.8 Å². The second kappa shape index (κ2) is 37.6. The maximum absolute atomic E-state index is 13.5. The minimum absolute atomic E-state index is 0.0000557. The number of benzene rings is 8. The predicted molar refractivity (Wildman–Crippen MR) is 417 cm³/mol. The van der Waals surface area contributed by atoms with Crippen LogP contribution >= 0.6 is 0 Å². The van der Waals surface area contributed by atoms with Gasteiger partial charge in [-0.15, -0.1) is 0 Å². The summed E-state index contributed by atoms with van der Waals surface area (Å²) in [6.45, 7) is 7.03. The smallest absolute Gasteiger partial charge is 0.341 e. The molecule has 3 atom stereocenters. The summed E-state index contributed by atoms with van der Waals surface area (Å²) in [4.78, 5) is 58.6. The van der Waals surface area contributed by atoms with E-state index in [2.05, 4.69) is 116 Å². The molecule has 558 valence electrons. The molecule has 0 spiro atoms. The van der Waals surface area contributed by atoms with E-state index in [0.717, 1.165) is 58.7 Å². The number of hydrogen-bond donors (Lipinski definition) is 4. The van der Waals surface area contributed by atoms with E-state index in [0.29, 0.717) is 81.8 Å². The molecule has 0 fully saturated rings. The zero-order valence-electron chi connectivity index (χ0n) is 61.3. The van der Waals surface area contributed by atoms with Gasteiger partial charge in [0.2, 0.25) is 16.3 Å². The highest BCUT2D eigenvalue weighted by Crippen LogP contribution is 2.44. The van der Waals surface area contributed by atoms with E-state index in [4.69, 9.17) is 23.7 Å². The number of aliphatic hydroxyl groups is 2. The maximum atomic E-state index is 13.5. The van der Waals surface area contributed by atoms with Gasteiger partial charge in [0.1, 0.15) is 18.8 Å². The fourth-order valence-electron chi connectivity index (χ4n) is 15.3. The number of nitrogens with zero attached hydrogens (tertiary/aromatic N) is 6. The van der Waals surface area contributed by atoms with Gasteiger partial charge >= 0.3 is 5.97 Å². The van der Waals surface area contributed by atoms with E-state index in [1.807, 2.05) is 161 Å². The SMILES string of the molecule is COCCN1Cc2c(O)c(=O)c(CO)cn2[C@@H](C(c2ccccc2)c2ccccc2)C1.COCCN1Cc2c(OCc3ccccc3)c(=O)c(C(=O)O)cn2[C@@H](C(c2ccccc2)c2ccccc2)C1.COCCN1Cc2c(OCc3ccccc3)c(=O)c(CO)cn2[C@@H](C(c2ccccc2)c2ccccc2)C1. The molecule has 19 heteroatoms. The lowest BCUT2D eigenvalue weighted by atomic mass is 9.83. The van der Waals surface area contributed by atoms with Crippen LogP contribution in [0.4, 0.5) is 0 Å². The molecule has 4 N–H and O–H groups in total. The molecule has 14 rings (SSSR count). The highest BCUT2D eigenvalue weighted by atomic mass is 16.5. The zero-order chi connectivity index (χ0) is 75.3. The molecule has 3 aliphatic heterocycles. The van der Waals surface area contributed by atoms with Crippen molar-refractivity contribution in [1.82, 2.24) is 28.4 Å². The summed E-state index contributed by atoms with van der Waals surface area (Å²) >= 11 is 0. The summed E-state index contributed by atoms with van der Waals surface area (Å²) in [6.07, 6.45) is 5.06. The van der Waals surface area contributed by atoms with Gasteiger partial charge in [-0.3, -0.25) is 29.1 Å². The number of carbonyl (C=O) groups is 1. The number of pyridine rings is 3. The van der Waals surface area contributed by atoms with Crippen molar-refractivity contribution < 1.29 is 48.9 Å². The highest BCUT2D eigenvalue weighted by Gasteiger charge is 2.39. The average molecular weight is 1460 g/mol. The van der Waals surface area contributed by atoms with Crippen LogP contribution in [0.2, 0.25) is 0 Å². The number of aromatic carboxylic acids is 1. The molecule has 3 aliphatic rings. The highest BCUT2D eigenvalue weighted by molar-refractivity contribution is 5.87. The molecule has 0 saturated heterocycles. The van der Waals surface area contributed by atoms with Crippen LogP contribution in [0, 0.1) is 0 Å². The van der Waals surface area contributed by atoms with Crippen LogP contribution < -0.4 is 25.8 Å². The van der Waals surface area contributed by atoms with Crippen LogP contribution in [0.15, 0.2) is 276 Å². The molecule has 0 unspecified atom stereocenters. The molecule has 19 nitrogen and oxygen atoms in total. The third-order valence-electron chi connectivity index (χ3n) is 20.5. The Morgan fingerprint density at radius 1 is 0.389 bits per heavy atom. The lowest BCUT2D eigenvalue weighted by molar-refractivity contribution is 0.0690. The summed E-state index contributed by atoms with van der Waals surface area (Å²) in [5, 5.41) is 40.6. The fraction of sp³-hybridized carbons (Fsp3) is 0.281. The molecule has 6 heterocycles. The molecular formula is C89H94N6O13. The van der Waals surface area contributed by atoms with Crippen molar-refractivity contribution in [2.24, 2.45) is 0 Å². The number of rotatable bonds is 27. The number of aromatic nitrogens is 3. The van der Waals surface area contributed by atoms with Crippen molar-refractivity contribution >= 4 is 5.97 Å². The first-order chi connectivity index (χ1) is 52.9. The van der Waals surface area contributed by atoms with Gasteiger partial charge in [-0.05, 0) is 44.5 Å². The van der Waals surface area contributed by atoms with Gasteiger partial charge in [-0.2, -0.15) is 0 Å². The third kappa shape index (κ3) is 18.2. The van der Waals surface area contributed by atoms with E-state index in [9.17, 15) is 39.6 Å². The Balaban J connectivity index is 0.000000152. The number of fused-ring (bicyclic) bond motifs is 3. The largest absolute Gasteiger partial charge is 0.503 e. The summed E-state index contributed by atoms with van der Waals surface area (Å²) in [6, 6.07) is 81.0. The Bertz CT molecular complexity index is 4750. The van der Waals surface area contributed by atoms with Gasteiger partial charge in [-0.1, -0.05) is 243 Å². The molecule has 3 aromatic heterocycles. The molecular weight excluding hydrogens is 1360 g/mol. The predicted octanol–water partition coefficient (Wildman–Crippen LogP) is 12.6. The van der Waals surface area contributed by atoms with Crippen molar-refractivity contribution in [3.05, 3.63) is 370 Å². The Kier molecular flexibility index (Phi) is 26.7. The van der Waals surface area contributed by atoms with Crippen LogP contribution in [0.25, 0.3) is 0 Å². The lowest BCUT2D eigenvalue weighted by Gasteiger charge is -2.41. The van der Waals surface area contributed by atoms with E-state index < -0.39 is 23.4 Å². The first-order valence-electron chi connectivity index (χ1n) is 36.6.